The van der Waals surface area contributed by atoms with E-state index < -0.39 is 11.8 Å². The fraction of sp³-hybridized carbons (Fsp3) is 0.192. The molecule has 0 aliphatic carbocycles. The van der Waals surface area contributed by atoms with Crippen molar-refractivity contribution in [3.05, 3.63) is 73.0 Å². The highest BCUT2D eigenvalue weighted by molar-refractivity contribution is 6.11. The second kappa shape index (κ2) is 9.17. The van der Waals surface area contributed by atoms with Crippen molar-refractivity contribution in [3.8, 4) is 11.1 Å². The number of hydrogen-bond donors (Lipinski definition) is 2. The lowest BCUT2D eigenvalue weighted by atomic mass is 10.0. The van der Waals surface area contributed by atoms with Crippen molar-refractivity contribution in [3.63, 3.8) is 0 Å². The van der Waals surface area contributed by atoms with Gasteiger partial charge in [-0.05, 0) is 28.7 Å². The number of carbonyl (C=O) groups is 1. The largest absolute Gasteiger partial charge is 0.378 e. The van der Waals surface area contributed by atoms with E-state index in [1.165, 1.54) is 23.0 Å². The van der Waals surface area contributed by atoms with Gasteiger partial charge in [-0.2, -0.15) is 13.9 Å². The zero-order valence-corrected chi connectivity index (χ0v) is 19.6. The number of nitrogens with one attached hydrogen (secondary N) is 2. The van der Waals surface area contributed by atoms with E-state index in [4.69, 9.17) is 4.74 Å². The van der Waals surface area contributed by atoms with E-state index in [0.29, 0.717) is 29.8 Å². The van der Waals surface area contributed by atoms with E-state index in [0.717, 1.165) is 42.2 Å². The van der Waals surface area contributed by atoms with E-state index in [1.807, 2.05) is 24.4 Å². The third kappa shape index (κ3) is 4.68. The number of allylic oxidation sites excluding steroid dienone is 1. The van der Waals surface area contributed by atoms with Gasteiger partial charge in [-0.15, -0.1) is 0 Å². The van der Waals surface area contributed by atoms with Crippen LogP contribution in [0, 0.1) is 0 Å². The number of morpholine rings is 1. The molecule has 11 heteroatoms. The van der Waals surface area contributed by atoms with Gasteiger partial charge in [0.25, 0.3) is 5.91 Å². The molecule has 0 bridgehead atoms. The first-order valence-electron chi connectivity index (χ1n) is 11.7. The maximum absolute atomic E-state index is 13.5. The number of H-pyrrole nitrogens is 1. The number of anilines is 2. The number of halogens is 2. The smallest absolute Gasteiger partial charge is 0.329 e. The molecule has 9 nitrogen and oxygen atoms in total. The number of fused-ring (bicyclic) bond motifs is 1. The summed E-state index contributed by atoms with van der Waals surface area (Å²) in [4.78, 5) is 23.9. The summed E-state index contributed by atoms with van der Waals surface area (Å²) in [6.07, 6.45) is 7.84. The van der Waals surface area contributed by atoms with Gasteiger partial charge in [0.05, 0.1) is 48.6 Å². The molecule has 4 aromatic rings. The number of carbonyl (C=O) groups excluding carboxylic acids is 1. The normalized spacial score (nSPS) is 16.7. The Kier molecular flexibility index (Phi) is 5.68. The van der Waals surface area contributed by atoms with Gasteiger partial charge in [0.1, 0.15) is 12.4 Å². The lowest BCUT2D eigenvalue weighted by Crippen LogP contribution is -2.36. The number of ether oxygens (including phenoxy) is 1. The summed E-state index contributed by atoms with van der Waals surface area (Å²) in [6, 6.07) is 10.9. The average molecular weight is 503 g/mol. The summed E-state index contributed by atoms with van der Waals surface area (Å²) in [6.45, 7) is 2.98. The van der Waals surface area contributed by atoms with Gasteiger partial charge in [0, 0.05) is 42.4 Å². The predicted octanol–water partition coefficient (Wildman–Crippen LogP) is 3.99. The molecule has 0 saturated carbocycles. The third-order valence-corrected chi connectivity index (χ3v) is 6.25. The van der Waals surface area contributed by atoms with Crippen LogP contribution in [0.2, 0.25) is 0 Å². The van der Waals surface area contributed by atoms with Crippen LogP contribution in [-0.4, -0.2) is 69.1 Å². The zero-order valence-electron chi connectivity index (χ0n) is 19.6. The van der Waals surface area contributed by atoms with E-state index >= 15 is 0 Å². The number of hydrogen-bond acceptors (Lipinski definition) is 6. The minimum atomic E-state index is -3.04. The van der Waals surface area contributed by atoms with Crippen molar-refractivity contribution >= 4 is 40.2 Å². The summed E-state index contributed by atoms with van der Waals surface area (Å²) in [5, 5.41) is 10.6. The molecule has 1 saturated heterocycles. The van der Waals surface area contributed by atoms with Crippen molar-refractivity contribution in [1.82, 2.24) is 20.2 Å². The molecule has 0 radical (unpaired) electrons. The first-order chi connectivity index (χ1) is 17.9. The Labute approximate surface area is 210 Å². The molecule has 37 heavy (non-hydrogen) atoms. The summed E-state index contributed by atoms with van der Waals surface area (Å²) in [5.41, 5.74) is 4.16. The van der Waals surface area contributed by atoms with Crippen molar-refractivity contribution in [2.45, 2.75) is 5.92 Å². The van der Waals surface area contributed by atoms with Crippen LogP contribution < -0.4 is 10.2 Å². The average Bonchev–Trinajstić information content (AvgIpc) is 3.52. The highest BCUT2D eigenvalue weighted by Crippen LogP contribution is 2.29. The minimum Gasteiger partial charge on any atom is -0.378 e. The number of pyridine rings is 2. The van der Waals surface area contributed by atoms with Crippen LogP contribution in [0.3, 0.4) is 0 Å². The number of alkyl halides is 2. The van der Waals surface area contributed by atoms with Gasteiger partial charge in [0.2, 0.25) is 0 Å². The highest BCUT2D eigenvalue weighted by Gasteiger charge is 2.32. The second-order valence-electron chi connectivity index (χ2n) is 8.75. The molecule has 1 amide bonds. The summed E-state index contributed by atoms with van der Waals surface area (Å²) < 4.78 is 33.6. The Bertz CT molecular complexity index is 1560. The molecule has 3 aromatic heterocycles. The summed E-state index contributed by atoms with van der Waals surface area (Å²) >= 11 is 0. The first-order valence-corrected chi connectivity index (χ1v) is 11.7. The zero-order chi connectivity index (χ0) is 25.4. The number of aromatic amines is 1. The van der Waals surface area contributed by atoms with Crippen molar-refractivity contribution in [2.24, 2.45) is 0 Å². The number of benzene rings is 1. The van der Waals surface area contributed by atoms with E-state index in [9.17, 15) is 13.6 Å². The van der Waals surface area contributed by atoms with Gasteiger partial charge in [-0.3, -0.25) is 14.9 Å². The molecule has 5 heterocycles. The number of nitrogens with zero attached hydrogens (tertiary/aromatic N) is 5. The van der Waals surface area contributed by atoms with Crippen molar-refractivity contribution in [2.75, 3.05) is 36.5 Å². The van der Waals surface area contributed by atoms with E-state index in [1.54, 1.807) is 12.3 Å². The predicted molar refractivity (Wildman–Crippen MR) is 135 cm³/mol. The standard InChI is InChI=1S/C26H21F2N7O2/c27-26(28)4-6-35(16-26)23-13-19(3-5-30-23)31-25(36)24-21-12-17(1-2-22(21)32-33-24)18-11-20(15-29-14-18)34-7-9-37-10-8-34/h1-6,11-16H,7-10H2,(H-,30,31,32,33,36)/p+1. The molecule has 2 aliphatic heterocycles. The number of aromatic nitrogens is 4. The number of amides is 1. The van der Waals surface area contributed by atoms with Crippen LogP contribution in [0.25, 0.3) is 22.0 Å². The lowest BCUT2D eigenvalue weighted by Gasteiger charge is -2.28. The molecule has 186 valence electrons. The van der Waals surface area contributed by atoms with Crippen LogP contribution in [0.4, 0.5) is 26.0 Å². The van der Waals surface area contributed by atoms with Gasteiger partial charge < -0.3 is 15.0 Å². The number of rotatable bonds is 5. The van der Waals surface area contributed by atoms with Crippen LogP contribution >= 0.6 is 0 Å². The molecule has 0 atom stereocenters. The van der Waals surface area contributed by atoms with Gasteiger partial charge in [-0.1, -0.05) is 6.07 Å². The minimum absolute atomic E-state index is 0.215. The molecule has 2 N–H and O–H groups in total. The maximum atomic E-state index is 13.5. The van der Waals surface area contributed by atoms with Crippen LogP contribution in [-0.2, 0) is 4.74 Å². The monoisotopic (exact) mass is 502 g/mol. The molecule has 6 rings (SSSR count). The first kappa shape index (κ1) is 22.9. The topological polar surface area (TPSA) is 99.0 Å². The van der Waals surface area contributed by atoms with Gasteiger partial charge in [-0.25, -0.2) is 4.58 Å². The second-order valence-corrected chi connectivity index (χ2v) is 8.75. The quantitative estimate of drug-likeness (QED) is 0.401. The van der Waals surface area contributed by atoms with Gasteiger partial charge >= 0.3 is 11.7 Å². The van der Waals surface area contributed by atoms with Crippen molar-refractivity contribution in [1.29, 1.82) is 0 Å². The molecule has 1 fully saturated rings. The van der Waals surface area contributed by atoms with E-state index in [-0.39, 0.29) is 11.5 Å². The molecule has 1 aromatic carbocycles. The molecule has 0 spiro atoms. The molecular weight excluding hydrogens is 480 g/mol. The highest BCUT2D eigenvalue weighted by atomic mass is 19.3. The lowest BCUT2D eigenvalue weighted by molar-refractivity contribution is -0.358. The molecular formula is C26H22F2N7O2+. The molecule has 0 unspecified atom stereocenters. The third-order valence-electron chi connectivity index (χ3n) is 6.25. The Balaban J connectivity index is 1.26. The Morgan fingerprint density at radius 2 is 1.97 bits per heavy atom. The SMILES string of the molecule is O=C(Nc1ccnc([N+]2=CC(F)(F)C=C2)c1)c1n[nH]c2ccc(-c3cncc(N4CCOCC4)c3)cc12. The summed E-state index contributed by atoms with van der Waals surface area (Å²) in [5.74, 6) is -3.22. The van der Waals surface area contributed by atoms with Crippen LogP contribution in [0.1, 0.15) is 10.5 Å². The van der Waals surface area contributed by atoms with Crippen molar-refractivity contribution < 1.29 is 22.9 Å². The Morgan fingerprint density at radius 3 is 2.78 bits per heavy atom. The Hall–Kier alpha value is -4.51. The maximum Gasteiger partial charge on any atom is 0.329 e. The van der Waals surface area contributed by atoms with Crippen LogP contribution in [0.5, 0.6) is 0 Å². The van der Waals surface area contributed by atoms with E-state index in [2.05, 4.69) is 36.4 Å². The fourth-order valence-electron chi connectivity index (χ4n) is 4.37. The molecule has 2 aliphatic rings. The van der Waals surface area contributed by atoms with Gasteiger partial charge in [0.15, 0.2) is 5.69 Å². The summed E-state index contributed by atoms with van der Waals surface area (Å²) in [7, 11) is 0. The van der Waals surface area contributed by atoms with Crippen LogP contribution in [0.15, 0.2) is 67.3 Å². The Morgan fingerprint density at radius 1 is 1.11 bits per heavy atom. The fourth-order valence-corrected chi connectivity index (χ4v) is 4.37.